The van der Waals surface area contributed by atoms with Crippen molar-refractivity contribution in [3.8, 4) is 11.5 Å². The lowest BCUT2D eigenvalue weighted by atomic mass is 10.1. The number of carbonyl (C=O) groups excluding carboxylic acids is 1. The molecule has 2 aromatic carbocycles. The van der Waals surface area contributed by atoms with Crippen LogP contribution in [0.5, 0.6) is 11.5 Å². The summed E-state index contributed by atoms with van der Waals surface area (Å²) >= 11 is 0. The number of carbonyl (C=O) groups is 1. The number of aryl methyl sites for hydroxylation is 1. The summed E-state index contributed by atoms with van der Waals surface area (Å²) in [5, 5.41) is 5.89. The summed E-state index contributed by atoms with van der Waals surface area (Å²) in [4.78, 5) is 12.7. The molecule has 0 bridgehead atoms. The van der Waals surface area contributed by atoms with Crippen LogP contribution in [0.4, 0.5) is 11.4 Å². The summed E-state index contributed by atoms with van der Waals surface area (Å²) in [6.45, 7) is 3.61. The van der Waals surface area contributed by atoms with Crippen molar-refractivity contribution in [3.63, 3.8) is 0 Å². The maximum absolute atomic E-state index is 12.6. The monoisotopic (exact) mass is 421 g/mol. The van der Waals surface area contributed by atoms with Gasteiger partial charge in [-0.2, -0.15) is 0 Å². The molecule has 158 valence electrons. The maximum atomic E-state index is 12.6. The van der Waals surface area contributed by atoms with Crippen molar-refractivity contribution in [2.75, 3.05) is 38.9 Å². The number of nitrogens with zero attached hydrogens (tertiary/aromatic N) is 1. The minimum Gasteiger partial charge on any atom is -0.493 e. The number of benzene rings is 2. The van der Waals surface area contributed by atoms with Gasteiger partial charge in [0.15, 0.2) is 11.5 Å². The van der Waals surface area contributed by atoms with Gasteiger partial charge in [0.25, 0.3) is 0 Å². The molecule has 2 rings (SSSR count). The molecule has 1 amide bonds. The van der Waals surface area contributed by atoms with Gasteiger partial charge in [-0.1, -0.05) is 6.07 Å². The second-order valence-corrected chi connectivity index (χ2v) is 8.84. The van der Waals surface area contributed by atoms with E-state index in [4.69, 9.17) is 9.47 Å². The van der Waals surface area contributed by atoms with Gasteiger partial charge in [-0.3, -0.25) is 4.79 Å². The van der Waals surface area contributed by atoms with Crippen molar-refractivity contribution < 1.29 is 22.7 Å². The molecule has 0 fully saturated rings. The number of sulfonamides is 1. The molecule has 1 atom stereocenters. The third kappa shape index (κ3) is 5.18. The van der Waals surface area contributed by atoms with E-state index < -0.39 is 16.1 Å². The van der Waals surface area contributed by atoms with E-state index in [1.54, 1.807) is 39.3 Å². The number of ether oxygens (including phenoxy) is 2. The highest BCUT2D eigenvalue weighted by Gasteiger charge is 2.19. The number of amides is 1. The second-order valence-electron chi connectivity index (χ2n) is 6.69. The Morgan fingerprint density at radius 2 is 1.69 bits per heavy atom. The number of hydrogen-bond acceptors (Lipinski definition) is 6. The maximum Gasteiger partial charge on any atom is 0.246 e. The Labute approximate surface area is 171 Å². The summed E-state index contributed by atoms with van der Waals surface area (Å²) in [7, 11) is 2.43. The fraction of sp³-hybridized carbons (Fsp3) is 0.350. The average Bonchev–Trinajstić information content (AvgIpc) is 2.69. The van der Waals surface area contributed by atoms with Gasteiger partial charge in [0.2, 0.25) is 15.9 Å². The number of nitrogens with one attached hydrogen (secondary N) is 2. The third-order valence-electron chi connectivity index (χ3n) is 4.38. The van der Waals surface area contributed by atoms with Crippen molar-refractivity contribution >= 4 is 27.3 Å². The molecule has 0 unspecified atom stereocenters. The standard InChI is InChI=1S/C20H27N3O5S/c1-13-10-18(27-5)19(28-6)12-17(13)21-14(2)20(24)22-15-8-7-9-16(11-15)29(25,26)23(3)4/h7-12,14,21H,1-6H3,(H,22,24)/t14-/m0/s1. The molecule has 0 aliphatic heterocycles. The smallest absolute Gasteiger partial charge is 0.246 e. The van der Waals surface area contributed by atoms with Gasteiger partial charge >= 0.3 is 0 Å². The summed E-state index contributed by atoms with van der Waals surface area (Å²) in [5.74, 6) is 0.847. The Morgan fingerprint density at radius 1 is 1.07 bits per heavy atom. The van der Waals surface area contributed by atoms with Crippen molar-refractivity contribution in [1.82, 2.24) is 4.31 Å². The molecular formula is C20H27N3O5S. The molecule has 0 heterocycles. The molecular weight excluding hydrogens is 394 g/mol. The lowest BCUT2D eigenvalue weighted by Crippen LogP contribution is -2.32. The SMILES string of the molecule is COc1cc(C)c(N[C@@H](C)C(=O)Nc2cccc(S(=O)(=O)N(C)C)c2)cc1OC. The van der Waals surface area contributed by atoms with E-state index in [9.17, 15) is 13.2 Å². The molecule has 8 nitrogen and oxygen atoms in total. The molecule has 0 saturated carbocycles. The zero-order chi connectivity index (χ0) is 21.8. The topological polar surface area (TPSA) is 97.0 Å². The van der Waals surface area contributed by atoms with Gasteiger partial charge in [0.05, 0.1) is 19.1 Å². The lowest BCUT2D eigenvalue weighted by molar-refractivity contribution is -0.116. The van der Waals surface area contributed by atoms with Gasteiger partial charge in [0.1, 0.15) is 6.04 Å². The highest BCUT2D eigenvalue weighted by atomic mass is 32.2. The third-order valence-corrected chi connectivity index (χ3v) is 6.19. The zero-order valence-electron chi connectivity index (χ0n) is 17.4. The number of rotatable bonds is 8. The van der Waals surface area contributed by atoms with Crippen LogP contribution >= 0.6 is 0 Å². The van der Waals surface area contributed by atoms with E-state index in [0.29, 0.717) is 17.2 Å². The molecule has 2 aromatic rings. The summed E-state index contributed by atoms with van der Waals surface area (Å²) < 4.78 is 36.3. The van der Waals surface area contributed by atoms with Crippen LogP contribution in [0.2, 0.25) is 0 Å². The molecule has 0 aliphatic carbocycles. The van der Waals surface area contributed by atoms with E-state index >= 15 is 0 Å². The van der Waals surface area contributed by atoms with E-state index in [1.807, 2.05) is 13.0 Å². The van der Waals surface area contributed by atoms with Crippen LogP contribution in [-0.4, -0.2) is 53.0 Å². The predicted octanol–water partition coefficient (Wildman–Crippen LogP) is 2.70. The van der Waals surface area contributed by atoms with Crippen LogP contribution < -0.4 is 20.1 Å². The first-order valence-corrected chi connectivity index (χ1v) is 10.4. The Morgan fingerprint density at radius 3 is 2.28 bits per heavy atom. The van der Waals surface area contributed by atoms with Crippen LogP contribution in [0.1, 0.15) is 12.5 Å². The largest absolute Gasteiger partial charge is 0.493 e. The van der Waals surface area contributed by atoms with Gasteiger partial charge in [-0.15, -0.1) is 0 Å². The Balaban J connectivity index is 2.16. The second kappa shape index (κ2) is 9.15. The van der Waals surface area contributed by atoms with Gasteiger partial charge in [-0.05, 0) is 43.7 Å². The van der Waals surface area contributed by atoms with Crippen molar-refractivity contribution in [3.05, 3.63) is 42.0 Å². The van der Waals surface area contributed by atoms with E-state index in [0.717, 1.165) is 15.6 Å². The number of hydrogen-bond donors (Lipinski definition) is 2. The van der Waals surface area contributed by atoms with Crippen molar-refractivity contribution in [2.24, 2.45) is 0 Å². The normalized spacial score (nSPS) is 12.4. The number of methoxy groups -OCH3 is 2. The molecule has 9 heteroatoms. The molecule has 0 saturated heterocycles. The summed E-state index contributed by atoms with van der Waals surface area (Å²) in [6, 6.07) is 9.15. The van der Waals surface area contributed by atoms with Crippen LogP contribution in [0.3, 0.4) is 0 Å². The lowest BCUT2D eigenvalue weighted by Gasteiger charge is -2.19. The Bertz CT molecular complexity index is 990. The minimum absolute atomic E-state index is 0.108. The van der Waals surface area contributed by atoms with E-state index in [2.05, 4.69) is 10.6 Å². The quantitative estimate of drug-likeness (QED) is 0.680. The first-order valence-electron chi connectivity index (χ1n) is 8.92. The minimum atomic E-state index is -3.58. The van der Waals surface area contributed by atoms with Gasteiger partial charge in [0, 0.05) is 31.5 Å². The molecule has 29 heavy (non-hydrogen) atoms. The van der Waals surface area contributed by atoms with Gasteiger partial charge < -0.3 is 20.1 Å². The van der Waals surface area contributed by atoms with Crippen LogP contribution in [0.25, 0.3) is 0 Å². The zero-order valence-corrected chi connectivity index (χ0v) is 18.3. The molecule has 0 spiro atoms. The first-order chi connectivity index (χ1) is 13.6. The van der Waals surface area contributed by atoms with Crippen LogP contribution in [0, 0.1) is 6.92 Å². The van der Waals surface area contributed by atoms with Crippen LogP contribution in [0.15, 0.2) is 41.3 Å². The highest BCUT2D eigenvalue weighted by molar-refractivity contribution is 7.89. The summed E-state index contributed by atoms with van der Waals surface area (Å²) in [6.07, 6.45) is 0. The first kappa shape index (κ1) is 22.5. The predicted molar refractivity (Wildman–Crippen MR) is 113 cm³/mol. The fourth-order valence-corrected chi connectivity index (χ4v) is 3.58. The average molecular weight is 422 g/mol. The summed E-state index contributed by atoms with van der Waals surface area (Å²) in [5.41, 5.74) is 2.02. The Kier molecular flexibility index (Phi) is 7.10. The van der Waals surface area contributed by atoms with Crippen molar-refractivity contribution in [2.45, 2.75) is 24.8 Å². The van der Waals surface area contributed by atoms with Crippen LogP contribution in [-0.2, 0) is 14.8 Å². The molecule has 0 radical (unpaired) electrons. The molecule has 0 aromatic heterocycles. The highest BCUT2D eigenvalue weighted by Crippen LogP contribution is 2.33. The van der Waals surface area contributed by atoms with E-state index in [1.165, 1.54) is 26.2 Å². The Hall–Kier alpha value is -2.78. The fourth-order valence-electron chi connectivity index (χ4n) is 2.63. The molecule has 0 aliphatic rings. The van der Waals surface area contributed by atoms with Crippen molar-refractivity contribution in [1.29, 1.82) is 0 Å². The van der Waals surface area contributed by atoms with Gasteiger partial charge in [-0.25, -0.2) is 12.7 Å². The number of anilines is 2. The molecule has 2 N–H and O–H groups in total. The van der Waals surface area contributed by atoms with E-state index in [-0.39, 0.29) is 10.8 Å².